The molecule has 5 nitrogen and oxygen atoms in total. The smallest absolute Gasteiger partial charge is 0.273 e. The largest absolute Gasteiger partial charge is 0.457 e. The van der Waals surface area contributed by atoms with Gasteiger partial charge >= 0.3 is 0 Å². The number of carbonyl (C=O) groups excluding carboxylic acids is 1. The third-order valence-corrected chi connectivity index (χ3v) is 6.54. The number of rotatable bonds is 6. The van der Waals surface area contributed by atoms with E-state index in [1.54, 1.807) is 6.07 Å². The fourth-order valence-corrected chi connectivity index (χ4v) is 4.29. The molecule has 6 heteroatoms. The average molecular weight is 473 g/mol. The van der Waals surface area contributed by atoms with Crippen LogP contribution in [0.4, 0.5) is 0 Å². The Morgan fingerprint density at radius 3 is 2.53 bits per heavy atom. The van der Waals surface area contributed by atoms with E-state index in [0.717, 1.165) is 35.3 Å². The number of hydrogen-bond donors (Lipinski definition) is 1. The summed E-state index contributed by atoms with van der Waals surface area (Å²) in [6.45, 7) is 2.31. The van der Waals surface area contributed by atoms with E-state index >= 15 is 0 Å². The molecular weight excluding hydrogens is 448 g/mol. The number of aromatic nitrogens is 1. The molecule has 1 amide bonds. The van der Waals surface area contributed by atoms with Crippen LogP contribution in [0.5, 0.6) is 11.5 Å². The van der Waals surface area contributed by atoms with Crippen LogP contribution in [0.1, 0.15) is 45.6 Å². The highest BCUT2D eigenvalue weighted by Crippen LogP contribution is 2.28. The Hall–Kier alpha value is -3.57. The molecule has 0 fully saturated rings. The van der Waals surface area contributed by atoms with E-state index < -0.39 is 0 Å². The number of ether oxygens (including phenoxy) is 1. The number of nitrogens with one attached hydrogen (secondary N) is 1. The van der Waals surface area contributed by atoms with Gasteiger partial charge in [0.1, 0.15) is 11.5 Å². The Bertz CT molecular complexity index is 1330. The first-order valence-corrected chi connectivity index (χ1v) is 11.8. The van der Waals surface area contributed by atoms with Gasteiger partial charge in [-0.1, -0.05) is 41.0 Å². The normalized spacial score (nSPS) is 12.8. The van der Waals surface area contributed by atoms with Gasteiger partial charge in [-0.2, -0.15) is 0 Å². The molecule has 0 unspecified atom stereocenters. The van der Waals surface area contributed by atoms with Gasteiger partial charge in [0.25, 0.3) is 5.91 Å². The molecule has 0 aliphatic heterocycles. The van der Waals surface area contributed by atoms with Crippen LogP contribution in [0.15, 0.2) is 71.3 Å². The van der Waals surface area contributed by atoms with Crippen LogP contribution in [-0.2, 0) is 19.4 Å². The predicted molar refractivity (Wildman–Crippen MR) is 132 cm³/mol. The van der Waals surface area contributed by atoms with Crippen molar-refractivity contribution in [3.8, 4) is 22.8 Å². The first kappa shape index (κ1) is 22.2. The minimum atomic E-state index is -0.273. The number of halogens is 1. The van der Waals surface area contributed by atoms with Crippen molar-refractivity contribution in [1.29, 1.82) is 0 Å². The van der Waals surface area contributed by atoms with Crippen molar-refractivity contribution in [2.24, 2.45) is 0 Å². The Balaban J connectivity index is 1.18. The van der Waals surface area contributed by atoms with E-state index in [1.165, 1.54) is 24.0 Å². The minimum Gasteiger partial charge on any atom is -0.457 e. The van der Waals surface area contributed by atoms with Crippen molar-refractivity contribution < 1.29 is 14.1 Å². The maximum Gasteiger partial charge on any atom is 0.273 e. The van der Waals surface area contributed by atoms with Crippen molar-refractivity contribution in [3.63, 3.8) is 0 Å². The van der Waals surface area contributed by atoms with Crippen LogP contribution >= 0.6 is 11.6 Å². The van der Waals surface area contributed by atoms with Crippen LogP contribution in [-0.4, -0.2) is 11.1 Å². The summed E-state index contributed by atoms with van der Waals surface area (Å²) in [7, 11) is 0. The van der Waals surface area contributed by atoms with Crippen molar-refractivity contribution >= 4 is 17.5 Å². The number of aryl methyl sites for hydroxylation is 3. The zero-order chi connectivity index (χ0) is 23.5. The second kappa shape index (κ2) is 9.74. The third-order valence-electron chi connectivity index (χ3n) is 6.12. The fraction of sp³-hybridized carbons (Fsp3) is 0.214. The van der Waals surface area contributed by atoms with Crippen LogP contribution in [0.2, 0.25) is 5.02 Å². The van der Waals surface area contributed by atoms with E-state index in [2.05, 4.69) is 22.6 Å². The average Bonchev–Trinajstić information content (AvgIpc) is 3.36. The highest BCUT2D eigenvalue weighted by atomic mass is 35.5. The summed E-state index contributed by atoms with van der Waals surface area (Å²) in [6.07, 6.45) is 4.69. The van der Waals surface area contributed by atoms with E-state index in [-0.39, 0.29) is 11.6 Å². The summed E-state index contributed by atoms with van der Waals surface area (Å²) in [5.41, 5.74) is 5.91. The van der Waals surface area contributed by atoms with E-state index in [9.17, 15) is 4.79 Å². The lowest BCUT2D eigenvalue weighted by Gasteiger charge is -2.15. The highest BCUT2D eigenvalue weighted by Gasteiger charge is 2.16. The second-order valence-electron chi connectivity index (χ2n) is 8.61. The van der Waals surface area contributed by atoms with E-state index in [0.29, 0.717) is 23.1 Å². The number of fused-ring (bicyclic) bond motifs is 1. The maximum atomic E-state index is 12.6. The standard InChI is InChI=1S/C28H25ClN2O3/c1-18-14-24(12-13-25(18)29)33-23-10-6-19(7-11-23)17-30-28(32)26-16-27(34-31-26)22-9-8-20-4-2-3-5-21(20)15-22/h6-16H,2-5,17H2,1H3,(H,30,32). The molecule has 172 valence electrons. The molecule has 1 aromatic heterocycles. The van der Waals surface area contributed by atoms with Gasteiger partial charge in [-0.15, -0.1) is 0 Å². The lowest BCUT2D eigenvalue weighted by atomic mass is 9.90. The molecule has 1 heterocycles. The van der Waals surface area contributed by atoms with Gasteiger partial charge < -0.3 is 14.6 Å². The minimum absolute atomic E-state index is 0.269. The molecule has 0 saturated carbocycles. The molecule has 1 aliphatic carbocycles. The van der Waals surface area contributed by atoms with E-state index in [1.807, 2.05) is 55.5 Å². The third kappa shape index (κ3) is 5.00. The molecule has 34 heavy (non-hydrogen) atoms. The molecule has 3 aromatic carbocycles. The highest BCUT2D eigenvalue weighted by molar-refractivity contribution is 6.31. The Labute approximate surface area is 203 Å². The van der Waals surface area contributed by atoms with Crippen LogP contribution in [0, 0.1) is 6.92 Å². The Morgan fingerprint density at radius 1 is 0.971 bits per heavy atom. The number of carbonyl (C=O) groups is 1. The first-order chi connectivity index (χ1) is 16.5. The van der Waals surface area contributed by atoms with Crippen molar-refractivity contribution in [3.05, 3.63) is 99.7 Å². The van der Waals surface area contributed by atoms with Gasteiger partial charge in [-0.05, 0) is 91.3 Å². The molecule has 0 saturated heterocycles. The summed E-state index contributed by atoms with van der Waals surface area (Å²) in [5.74, 6) is 1.77. The summed E-state index contributed by atoms with van der Waals surface area (Å²) in [4.78, 5) is 12.6. The number of nitrogens with zero attached hydrogens (tertiary/aromatic N) is 1. The van der Waals surface area contributed by atoms with Crippen molar-refractivity contribution in [2.45, 2.75) is 39.2 Å². The number of benzene rings is 3. The lowest BCUT2D eigenvalue weighted by Crippen LogP contribution is -2.22. The molecule has 1 aliphatic rings. The SMILES string of the molecule is Cc1cc(Oc2ccc(CNC(=O)c3cc(-c4ccc5c(c4)CCCC5)on3)cc2)ccc1Cl. The monoisotopic (exact) mass is 472 g/mol. The number of hydrogen-bond acceptors (Lipinski definition) is 4. The molecular formula is C28H25ClN2O3. The topological polar surface area (TPSA) is 64.4 Å². The lowest BCUT2D eigenvalue weighted by molar-refractivity contribution is 0.0942. The second-order valence-corrected chi connectivity index (χ2v) is 9.01. The van der Waals surface area contributed by atoms with Gasteiger partial charge in [-0.25, -0.2) is 0 Å². The van der Waals surface area contributed by atoms with Gasteiger partial charge in [0.2, 0.25) is 0 Å². The maximum absolute atomic E-state index is 12.6. The molecule has 4 aromatic rings. The van der Waals surface area contributed by atoms with Gasteiger partial charge in [0, 0.05) is 23.2 Å². The zero-order valence-electron chi connectivity index (χ0n) is 18.9. The Morgan fingerprint density at radius 2 is 1.74 bits per heavy atom. The number of amides is 1. The molecule has 0 bridgehead atoms. The van der Waals surface area contributed by atoms with Crippen LogP contribution < -0.4 is 10.1 Å². The zero-order valence-corrected chi connectivity index (χ0v) is 19.7. The first-order valence-electron chi connectivity index (χ1n) is 11.5. The van der Waals surface area contributed by atoms with Gasteiger partial charge in [0.15, 0.2) is 11.5 Å². The molecule has 5 rings (SSSR count). The summed E-state index contributed by atoms with van der Waals surface area (Å²) < 4.78 is 11.3. The summed E-state index contributed by atoms with van der Waals surface area (Å²) >= 11 is 6.07. The fourth-order valence-electron chi connectivity index (χ4n) is 4.17. The molecule has 1 N–H and O–H groups in total. The van der Waals surface area contributed by atoms with Gasteiger partial charge in [-0.3, -0.25) is 4.79 Å². The van der Waals surface area contributed by atoms with Crippen molar-refractivity contribution in [2.75, 3.05) is 0 Å². The molecule has 0 atom stereocenters. The predicted octanol–water partition coefficient (Wildman–Crippen LogP) is 6.90. The quantitative estimate of drug-likeness (QED) is 0.331. The molecule has 0 spiro atoms. The Kier molecular flexibility index (Phi) is 6.37. The van der Waals surface area contributed by atoms with E-state index in [4.69, 9.17) is 20.9 Å². The summed E-state index contributed by atoms with van der Waals surface area (Å²) in [6, 6.07) is 21.2. The van der Waals surface area contributed by atoms with Crippen LogP contribution in [0.25, 0.3) is 11.3 Å². The van der Waals surface area contributed by atoms with Crippen molar-refractivity contribution in [1.82, 2.24) is 10.5 Å². The molecule has 0 radical (unpaired) electrons. The van der Waals surface area contributed by atoms with Crippen LogP contribution in [0.3, 0.4) is 0 Å². The summed E-state index contributed by atoms with van der Waals surface area (Å²) in [5, 5.41) is 7.58. The van der Waals surface area contributed by atoms with Gasteiger partial charge in [0.05, 0.1) is 0 Å².